The molecular weight excluding hydrogens is 356 g/mol. The number of benzene rings is 1. The number of methoxy groups -OCH3 is 1. The maximum Gasteiger partial charge on any atom is 0.251 e. The van der Waals surface area contributed by atoms with Gasteiger partial charge in [-0.15, -0.1) is 0 Å². The molecule has 2 aromatic rings. The Bertz CT molecular complexity index is 851. The quantitative estimate of drug-likeness (QED) is 0.839. The van der Waals surface area contributed by atoms with Gasteiger partial charge in [-0.3, -0.25) is 14.6 Å². The van der Waals surface area contributed by atoms with Crippen molar-refractivity contribution in [2.75, 3.05) is 20.7 Å². The Balaban J connectivity index is 1.99. The van der Waals surface area contributed by atoms with E-state index < -0.39 is 17.5 Å². The monoisotopic (exact) mass is 377 g/mol. The lowest BCUT2D eigenvalue weighted by atomic mass is 10.1. The Kier molecular flexibility index (Phi) is 6.44. The van der Waals surface area contributed by atoms with Crippen molar-refractivity contribution in [2.24, 2.45) is 0 Å². The molecule has 1 heterocycles. The van der Waals surface area contributed by atoms with E-state index in [4.69, 9.17) is 4.74 Å². The standard InChI is InChI=1S/C19H21F2N3O3/c1-11-8-22-16(12(2)18(11)27-4)10-24(3)17(25)9-23-19(26)13-5-14(20)7-15(21)6-13/h5-8H,9-10H2,1-4H3,(H,23,26). The van der Waals surface area contributed by atoms with Gasteiger partial charge in [-0.25, -0.2) is 8.78 Å². The second-order valence-corrected chi connectivity index (χ2v) is 6.14. The summed E-state index contributed by atoms with van der Waals surface area (Å²) in [7, 11) is 3.14. The molecule has 8 heteroatoms. The van der Waals surface area contributed by atoms with Crippen LogP contribution in [0.2, 0.25) is 0 Å². The Labute approximate surface area is 156 Å². The zero-order valence-corrected chi connectivity index (χ0v) is 15.6. The van der Waals surface area contributed by atoms with Gasteiger partial charge in [0.2, 0.25) is 5.91 Å². The van der Waals surface area contributed by atoms with Crippen LogP contribution in [-0.4, -0.2) is 42.4 Å². The molecule has 2 amide bonds. The molecule has 0 aliphatic carbocycles. The number of ether oxygens (including phenoxy) is 1. The van der Waals surface area contributed by atoms with Crippen molar-refractivity contribution in [3.8, 4) is 5.75 Å². The van der Waals surface area contributed by atoms with Gasteiger partial charge in [0, 0.05) is 36.0 Å². The lowest BCUT2D eigenvalue weighted by Crippen LogP contribution is -2.38. The summed E-state index contributed by atoms with van der Waals surface area (Å²) in [6.07, 6.45) is 1.67. The summed E-state index contributed by atoms with van der Waals surface area (Å²) < 4.78 is 31.7. The van der Waals surface area contributed by atoms with Crippen LogP contribution < -0.4 is 10.1 Å². The number of nitrogens with zero attached hydrogens (tertiary/aromatic N) is 2. The molecule has 0 atom stereocenters. The SMILES string of the molecule is COc1c(C)cnc(CN(C)C(=O)CNC(=O)c2cc(F)cc(F)c2)c1C. The lowest BCUT2D eigenvalue weighted by molar-refractivity contribution is -0.129. The van der Waals surface area contributed by atoms with Crippen LogP contribution in [0.5, 0.6) is 5.75 Å². The molecule has 0 aliphatic rings. The molecule has 0 radical (unpaired) electrons. The van der Waals surface area contributed by atoms with Gasteiger partial charge in [0.1, 0.15) is 17.4 Å². The predicted molar refractivity (Wildman–Crippen MR) is 95.4 cm³/mol. The van der Waals surface area contributed by atoms with Gasteiger partial charge in [0.05, 0.1) is 25.9 Å². The van der Waals surface area contributed by atoms with E-state index in [0.717, 1.165) is 23.3 Å². The maximum absolute atomic E-state index is 13.2. The number of aromatic nitrogens is 1. The van der Waals surface area contributed by atoms with Crippen molar-refractivity contribution in [1.82, 2.24) is 15.2 Å². The second-order valence-electron chi connectivity index (χ2n) is 6.14. The Morgan fingerprint density at radius 3 is 2.41 bits per heavy atom. The number of halogens is 2. The fourth-order valence-corrected chi connectivity index (χ4v) is 2.62. The molecule has 1 aromatic carbocycles. The van der Waals surface area contributed by atoms with E-state index in [0.29, 0.717) is 17.5 Å². The summed E-state index contributed by atoms with van der Waals surface area (Å²) in [4.78, 5) is 29.9. The number of nitrogens with one attached hydrogen (secondary N) is 1. The van der Waals surface area contributed by atoms with E-state index in [-0.39, 0.29) is 24.6 Å². The second kappa shape index (κ2) is 8.57. The van der Waals surface area contributed by atoms with Gasteiger partial charge in [-0.05, 0) is 26.0 Å². The highest BCUT2D eigenvalue weighted by Crippen LogP contribution is 2.24. The predicted octanol–water partition coefficient (Wildman–Crippen LogP) is 2.37. The van der Waals surface area contributed by atoms with Crippen molar-refractivity contribution >= 4 is 11.8 Å². The fraction of sp³-hybridized carbons (Fsp3) is 0.316. The van der Waals surface area contributed by atoms with Crippen LogP contribution in [-0.2, 0) is 11.3 Å². The molecule has 27 heavy (non-hydrogen) atoms. The van der Waals surface area contributed by atoms with E-state index in [1.165, 1.54) is 4.90 Å². The number of hydrogen-bond donors (Lipinski definition) is 1. The third-order valence-corrected chi connectivity index (χ3v) is 4.09. The minimum atomic E-state index is -0.863. The first-order valence-corrected chi connectivity index (χ1v) is 8.20. The lowest BCUT2D eigenvalue weighted by Gasteiger charge is -2.19. The smallest absolute Gasteiger partial charge is 0.251 e. The molecular formula is C19H21F2N3O3. The largest absolute Gasteiger partial charge is 0.496 e. The van der Waals surface area contributed by atoms with Crippen LogP contribution in [0.3, 0.4) is 0 Å². The van der Waals surface area contributed by atoms with Crippen LogP contribution in [0.25, 0.3) is 0 Å². The summed E-state index contributed by atoms with van der Waals surface area (Å²) in [6.45, 7) is 3.65. The van der Waals surface area contributed by atoms with Crippen LogP contribution in [0.15, 0.2) is 24.4 Å². The molecule has 0 spiro atoms. The highest BCUT2D eigenvalue weighted by Gasteiger charge is 2.16. The molecule has 1 N–H and O–H groups in total. The van der Waals surface area contributed by atoms with Gasteiger partial charge < -0.3 is 15.0 Å². The van der Waals surface area contributed by atoms with Gasteiger partial charge in [0.15, 0.2) is 0 Å². The van der Waals surface area contributed by atoms with Gasteiger partial charge in [-0.1, -0.05) is 0 Å². The summed E-state index contributed by atoms with van der Waals surface area (Å²) >= 11 is 0. The number of rotatable bonds is 6. The van der Waals surface area contributed by atoms with E-state index in [1.54, 1.807) is 20.4 Å². The molecule has 6 nitrogen and oxygen atoms in total. The first kappa shape index (κ1) is 20.3. The zero-order chi connectivity index (χ0) is 20.1. The first-order chi connectivity index (χ1) is 12.7. The highest BCUT2D eigenvalue weighted by atomic mass is 19.1. The molecule has 0 unspecified atom stereocenters. The maximum atomic E-state index is 13.2. The normalized spacial score (nSPS) is 10.4. The highest BCUT2D eigenvalue weighted by molar-refractivity contribution is 5.96. The number of amides is 2. The molecule has 1 aromatic heterocycles. The molecule has 0 saturated carbocycles. The number of pyridine rings is 1. The van der Waals surface area contributed by atoms with Gasteiger partial charge in [-0.2, -0.15) is 0 Å². The Morgan fingerprint density at radius 2 is 1.81 bits per heavy atom. The number of carbonyl (C=O) groups excluding carboxylic acids is 2. The van der Waals surface area contributed by atoms with E-state index >= 15 is 0 Å². The van der Waals surface area contributed by atoms with Gasteiger partial charge in [0.25, 0.3) is 5.91 Å². The number of aryl methyl sites for hydroxylation is 1. The molecule has 0 fully saturated rings. The molecule has 0 aliphatic heterocycles. The summed E-state index contributed by atoms with van der Waals surface area (Å²) in [5.74, 6) is -2.12. The summed E-state index contributed by atoms with van der Waals surface area (Å²) in [6, 6.07) is 2.47. The van der Waals surface area contributed by atoms with Crippen LogP contribution in [0.4, 0.5) is 8.78 Å². The van der Waals surface area contributed by atoms with Crippen LogP contribution in [0.1, 0.15) is 27.2 Å². The Hall–Kier alpha value is -3.03. The Morgan fingerprint density at radius 1 is 1.19 bits per heavy atom. The van der Waals surface area contributed by atoms with Crippen molar-refractivity contribution in [1.29, 1.82) is 0 Å². The fourth-order valence-electron chi connectivity index (χ4n) is 2.62. The molecule has 144 valence electrons. The molecule has 0 bridgehead atoms. The molecule has 2 rings (SSSR count). The van der Waals surface area contributed by atoms with E-state index in [9.17, 15) is 18.4 Å². The van der Waals surface area contributed by atoms with Crippen molar-refractivity contribution in [3.63, 3.8) is 0 Å². The van der Waals surface area contributed by atoms with E-state index in [2.05, 4.69) is 10.3 Å². The van der Waals surface area contributed by atoms with Crippen molar-refractivity contribution in [2.45, 2.75) is 20.4 Å². The average molecular weight is 377 g/mol. The number of likely N-dealkylation sites (N-methyl/N-ethyl adjacent to an activating group) is 1. The van der Waals surface area contributed by atoms with Crippen LogP contribution >= 0.6 is 0 Å². The minimum absolute atomic E-state index is 0.191. The van der Waals surface area contributed by atoms with Crippen molar-refractivity contribution < 1.29 is 23.1 Å². The third kappa shape index (κ3) is 4.99. The topological polar surface area (TPSA) is 71.5 Å². The zero-order valence-electron chi connectivity index (χ0n) is 15.6. The average Bonchev–Trinajstić information content (AvgIpc) is 2.61. The third-order valence-electron chi connectivity index (χ3n) is 4.09. The van der Waals surface area contributed by atoms with Crippen molar-refractivity contribution in [3.05, 3.63) is 58.4 Å². The number of hydrogen-bond acceptors (Lipinski definition) is 4. The van der Waals surface area contributed by atoms with Gasteiger partial charge >= 0.3 is 0 Å². The number of carbonyl (C=O) groups is 2. The minimum Gasteiger partial charge on any atom is -0.496 e. The van der Waals surface area contributed by atoms with Crippen LogP contribution in [0, 0.1) is 25.5 Å². The molecule has 0 saturated heterocycles. The first-order valence-electron chi connectivity index (χ1n) is 8.20. The summed E-state index contributed by atoms with van der Waals surface area (Å²) in [5.41, 5.74) is 2.20. The summed E-state index contributed by atoms with van der Waals surface area (Å²) in [5, 5.41) is 2.36. The van der Waals surface area contributed by atoms with E-state index in [1.807, 2.05) is 13.8 Å².